The zero-order valence-electron chi connectivity index (χ0n) is 15.6. The topological polar surface area (TPSA) is 55.4 Å². The number of ether oxygens (including phenoxy) is 1. The number of esters is 1. The first kappa shape index (κ1) is 19.3. The Balaban J connectivity index is 1.71. The third-order valence-electron chi connectivity index (χ3n) is 4.32. The maximum Gasteiger partial charge on any atom is 0.318 e. The molecule has 28 heavy (non-hydrogen) atoms. The molecular weight excluding hydrogens is 357 g/mol. The largest absolute Gasteiger partial charge is 0.426 e. The highest BCUT2D eigenvalue weighted by Crippen LogP contribution is 2.27. The molecule has 0 aliphatic carbocycles. The van der Waals surface area contributed by atoms with Crippen molar-refractivity contribution in [2.75, 3.05) is 5.32 Å². The van der Waals surface area contributed by atoms with Crippen LogP contribution in [0.5, 0.6) is 5.75 Å². The van der Waals surface area contributed by atoms with Gasteiger partial charge in [0.25, 0.3) is 0 Å². The molecule has 5 heteroatoms. The van der Waals surface area contributed by atoms with E-state index >= 15 is 0 Å². The molecular formula is C23H20FNO3. The van der Waals surface area contributed by atoms with E-state index in [-0.39, 0.29) is 11.7 Å². The van der Waals surface area contributed by atoms with Gasteiger partial charge in [0.1, 0.15) is 11.6 Å². The molecule has 3 aromatic carbocycles. The van der Waals surface area contributed by atoms with E-state index in [1.165, 1.54) is 13.0 Å². The lowest BCUT2D eigenvalue weighted by molar-refractivity contribution is -0.135. The minimum absolute atomic E-state index is 0.181. The van der Waals surface area contributed by atoms with Gasteiger partial charge in [0.15, 0.2) is 0 Å². The van der Waals surface area contributed by atoms with Gasteiger partial charge in [-0.05, 0) is 48.4 Å². The predicted molar refractivity (Wildman–Crippen MR) is 107 cm³/mol. The Bertz CT molecular complexity index is 984. The molecule has 4 nitrogen and oxygen atoms in total. The molecule has 1 unspecified atom stereocenters. The highest BCUT2D eigenvalue weighted by atomic mass is 19.1. The molecule has 0 bridgehead atoms. The molecule has 1 N–H and O–H groups in total. The van der Waals surface area contributed by atoms with E-state index < -0.39 is 11.9 Å². The third-order valence-corrected chi connectivity index (χ3v) is 4.32. The number of benzene rings is 3. The Morgan fingerprint density at radius 2 is 1.64 bits per heavy atom. The number of carbonyl (C=O) groups excluding carboxylic acids is 2. The smallest absolute Gasteiger partial charge is 0.318 e. The highest BCUT2D eigenvalue weighted by Gasteiger charge is 2.19. The molecule has 0 radical (unpaired) electrons. The summed E-state index contributed by atoms with van der Waals surface area (Å²) in [6.07, 6.45) is 0. The standard InChI is InChI=1S/C23H20FNO3/c1-15(23(27)28-20-11-9-19(10-12-20)25-16(2)26)18-8-13-21(22(24)14-18)17-6-4-3-5-7-17/h3-15H,1-2H3,(H,25,26). The summed E-state index contributed by atoms with van der Waals surface area (Å²) in [6.45, 7) is 3.09. The van der Waals surface area contributed by atoms with Gasteiger partial charge in [-0.2, -0.15) is 0 Å². The van der Waals surface area contributed by atoms with Gasteiger partial charge in [-0.15, -0.1) is 0 Å². The summed E-state index contributed by atoms with van der Waals surface area (Å²) >= 11 is 0. The molecule has 0 aliphatic heterocycles. The van der Waals surface area contributed by atoms with Gasteiger partial charge < -0.3 is 10.1 Å². The van der Waals surface area contributed by atoms with Crippen molar-refractivity contribution < 1.29 is 18.7 Å². The lowest BCUT2D eigenvalue weighted by atomic mass is 9.97. The predicted octanol–water partition coefficient (Wildman–Crippen LogP) is 5.16. The Morgan fingerprint density at radius 1 is 0.964 bits per heavy atom. The SMILES string of the molecule is CC(=O)Nc1ccc(OC(=O)C(C)c2ccc(-c3ccccc3)c(F)c2)cc1. The molecule has 0 aliphatic rings. The van der Waals surface area contributed by atoms with Gasteiger partial charge in [0.2, 0.25) is 5.91 Å². The summed E-state index contributed by atoms with van der Waals surface area (Å²) in [7, 11) is 0. The van der Waals surface area contributed by atoms with Gasteiger partial charge in [0, 0.05) is 18.2 Å². The van der Waals surface area contributed by atoms with Crippen LogP contribution in [-0.2, 0) is 9.59 Å². The van der Waals surface area contributed by atoms with Crippen molar-refractivity contribution in [2.24, 2.45) is 0 Å². The van der Waals surface area contributed by atoms with Crippen LogP contribution in [0.15, 0.2) is 72.8 Å². The average molecular weight is 377 g/mol. The second-order valence-electron chi connectivity index (χ2n) is 6.45. The maximum atomic E-state index is 14.5. The van der Waals surface area contributed by atoms with Crippen LogP contribution < -0.4 is 10.1 Å². The first-order valence-electron chi connectivity index (χ1n) is 8.88. The van der Waals surface area contributed by atoms with E-state index in [2.05, 4.69) is 5.32 Å². The maximum absolute atomic E-state index is 14.5. The van der Waals surface area contributed by atoms with Crippen LogP contribution in [0.3, 0.4) is 0 Å². The van der Waals surface area contributed by atoms with Crippen molar-refractivity contribution >= 4 is 17.6 Å². The van der Waals surface area contributed by atoms with Gasteiger partial charge in [-0.3, -0.25) is 9.59 Å². The van der Waals surface area contributed by atoms with Crippen LogP contribution in [0.1, 0.15) is 25.3 Å². The molecule has 0 aromatic heterocycles. The van der Waals surface area contributed by atoms with E-state index in [9.17, 15) is 14.0 Å². The fourth-order valence-electron chi connectivity index (χ4n) is 2.80. The molecule has 0 saturated heterocycles. The molecule has 0 fully saturated rings. The summed E-state index contributed by atoms with van der Waals surface area (Å²) in [5.41, 5.74) is 2.41. The lowest BCUT2D eigenvalue weighted by Gasteiger charge is -2.13. The first-order valence-corrected chi connectivity index (χ1v) is 8.88. The Morgan fingerprint density at radius 3 is 2.25 bits per heavy atom. The zero-order chi connectivity index (χ0) is 20.1. The van der Waals surface area contributed by atoms with Crippen molar-refractivity contribution in [1.82, 2.24) is 0 Å². The Hall–Kier alpha value is -3.47. The van der Waals surface area contributed by atoms with E-state index in [0.717, 1.165) is 5.56 Å². The lowest BCUT2D eigenvalue weighted by Crippen LogP contribution is -2.16. The second kappa shape index (κ2) is 8.48. The number of anilines is 1. The monoisotopic (exact) mass is 377 g/mol. The number of hydrogen-bond donors (Lipinski definition) is 1. The fraction of sp³-hybridized carbons (Fsp3) is 0.130. The normalized spacial score (nSPS) is 11.5. The zero-order valence-corrected chi connectivity index (χ0v) is 15.6. The van der Waals surface area contributed by atoms with Crippen molar-refractivity contribution in [3.8, 4) is 16.9 Å². The van der Waals surface area contributed by atoms with Crippen molar-refractivity contribution in [3.05, 3.63) is 84.2 Å². The molecule has 1 amide bonds. The van der Waals surface area contributed by atoms with Gasteiger partial charge in [-0.1, -0.05) is 42.5 Å². The number of carbonyl (C=O) groups is 2. The minimum atomic E-state index is -0.630. The molecule has 0 saturated carbocycles. The van der Waals surface area contributed by atoms with E-state index in [0.29, 0.717) is 22.6 Å². The fourth-order valence-corrected chi connectivity index (χ4v) is 2.80. The van der Waals surface area contributed by atoms with E-state index in [1.54, 1.807) is 43.3 Å². The first-order chi connectivity index (χ1) is 13.4. The Kier molecular flexibility index (Phi) is 5.84. The number of amides is 1. The second-order valence-corrected chi connectivity index (χ2v) is 6.45. The molecule has 142 valence electrons. The van der Waals surface area contributed by atoms with E-state index in [1.807, 2.05) is 30.3 Å². The quantitative estimate of drug-likeness (QED) is 0.494. The van der Waals surface area contributed by atoms with Crippen LogP contribution in [-0.4, -0.2) is 11.9 Å². The number of hydrogen-bond acceptors (Lipinski definition) is 3. The van der Waals surface area contributed by atoms with Crippen LogP contribution in [0.25, 0.3) is 11.1 Å². The summed E-state index contributed by atoms with van der Waals surface area (Å²) in [5.74, 6) is -1.33. The number of nitrogens with one attached hydrogen (secondary N) is 1. The van der Waals surface area contributed by atoms with E-state index in [4.69, 9.17) is 4.74 Å². The number of rotatable bonds is 5. The molecule has 0 heterocycles. The summed E-state index contributed by atoms with van der Waals surface area (Å²) in [4.78, 5) is 23.5. The van der Waals surface area contributed by atoms with Crippen LogP contribution in [0.2, 0.25) is 0 Å². The molecule has 1 atom stereocenters. The summed E-state index contributed by atoms with van der Waals surface area (Å²) in [5, 5.41) is 2.64. The highest BCUT2D eigenvalue weighted by molar-refractivity contribution is 5.88. The van der Waals surface area contributed by atoms with Crippen molar-refractivity contribution in [3.63, 3.8) is 0 Å². The molecule has 0 spiro atoms. The third kappa shape index (κ3) is 4.62. The molecule has 3 aromatic rings. The van der Waals surface area contributed by atoms with Gasteiger partial charge >= 0.3 is 5.97 Å². The van der Waals surface area contributed by atoms with Crippen LogP contribution in [0, 0.1) is 5.82 Å². The van der Waals surface area contributed by atoms with Crippen LogP contribution in [0.4, 0.5) is 10.1 Å². The van der Waals surface area contributed by atoms with Crippen molar-refractivity contribution in [1.29, 1.82) is 0 Å². The van der Waals surface area contributed by atoms with Gasteiger partial charge in [0.05, 0.1) is 5.92 Å². The average Bonchev–Trinajstić information content (AvgIpc) is 2.69. The van der Waals surface area contributed by atoms with Crippen LogP contribution >= 0.6 is 0 Å². The minimum Gasteiger partial charge on any atom is -0.426 e. The van der Waals surface area contributed by atoms with Gasteiger partial charge in [-0.25, -0.2) is 4.39 Å². The summed E-state index contributed by atoms with van der Waals surface area (Å²) < 4.78 is 19.9. The van der Waals surface area contributed by atoms with Crippen molar-refractivity contribution in [2.45, 2.75) is 19.8 Å². The summed E-state index contributed by atoms with van der Waals surface area (Å²) in [6, 6.07) is 20.5. The molecule has 3 rings (SSSR count). The Labute approximate surface area is 163 Å². The number of halogens is 1.